The monoisotopic (exact) mass is 331 g/mol. The lowest BCUT2D eigenvalue weighted by atomic mass is 10.1. The SMILES string of the molecule is CC1=CC(=O)C=C/C1=N\OC(=O)c1cc([N+](=O)[O-])cc([N+](=O)[O-])c1. The third kappa shape index (κ3) is 3.74. The van der Waals surface area contributed by atoms with Crippen molar-refractivity contribution in [3.05, 3.63) is 67.8 Å². The maximum atomic E-state index is 11.9. The smallest absolute Gasteiger partial charge is 0.312 e. The summed E-state index contributed by atoms with van der Waals surface area (Å²) in [7, 11) is 0. The second-order valence-corrected chi connectivity index (χ2v) is 4.67. The molecule has 0 bridgehead atoms. The van der Waals surface area contributed by atoms with Crippen molar-refractivity contribution in [3.63, 3.8) is 0 Å². The van der Waals surface area contributed by atoms with Crippen LogP contribution in [0.1, 0.15) is 17.3 Å². The van der Waals surface area contributed by atoms with E-state index in [1.54, 1.807) is 6.92 Å². The van der Waals surface area contributed by atoms with Gasteiger partial charge in [-0.2, -0.15) is 0 Å². The van der Waals surface area contributed by atoms with Gasteiger partial charge in [-0.05, 0) is 30.7 Å². The van der Waals surface area contributed by atoms with Gasteiger partial charge in [0.05, 0.1) is 21.5 Å². The number of non-ortho nitro benzene ring substituents is 2. The van der Waals surface area contributed by atoms with Gasteiger partial charge in [-0.15, -0.1) is 0 Å². The average Bonchev–Trinajstić information content (AvgIpc) is 2.53. The maximum absolute atomic E-state index is 11.9. The molecule has 0 N–H and O–H groups in total. The summed E-state index contributed by atoms with van der Waals surface area (Å²) in [6.45, 7) is 1.58. The number of allylic oxidation sites excluding steroid dienone is 4. The molecule has 0 radical (unpaired) electrons. The van der Waals surface area contributed by atoms with E-state index in [1.165, 1.54) is 18.2 Å². The first-order chi connectivity index (χ1) is 11.3. The van der Waals surface area contributed by atoms with Crippen molar-refractivity contribution in [1.29, 1.82) is 0 Å². The number of nitrogens with zero attached hydrogens (tertiary/aromatic N) is 3. The topological polar surface area (TPSA) is 142 Å². The van der Waals surface area contributed by atoms with E-state index in [2.05, 4.69) is 9.99 Å². The van der Waals surface area contributed by atoms with Crippen LogP contribution in [0.2, 0.25) is 0 Å². The second-order valence-electron chi connectivity index (χ2n) is 4.67. The third-order valence-electron chi connectivity index (χ3n) is 2.96. The van der Waals surface area contributed by atoms with Gasteiger partial charge in [0.15, 0.2) is 5.78 Å². The molecule has 24 heavy (non-hydrogen) atoms. The van der Waals surface area contributed by atoms with Crippen LogP contribution in [0.3, 0.4) is 0 Å². The van der Waals surface area contributed by atoms with Gasteiger partial charge in [0.2, 0.25) is 0 Å². The van der Waals surface area contributed by atoms with Crippen molar-refractivity contribution < 1.29 is 24.3 Å². The Labute approximate surface area is 134 Å². The highest BCUT2D eigenvalue weighted by molar-refractivity contribution is 6.19. The molecule has 0 fully saturated rings. The van der Waals surface area contributed by atoms with E-state index >= 15 is 0 Å². The Morgan fingerprint density at radius 3 is 2.17 bits per heavy atom. The summed E-state index contributed by atoms with van der Waals surface area (Å²) in [5.41, 5.74) is -0.966. The molecular formula is C14H9N3O7. The Hall–Kier alpha value is -3.69. The van der Waals surface area contributed by atoms with E-state index in [4.69, 9.17) is 0 Å². The molecule has 0 saturated heterocycles. The number of nitro groups is 2. The summed E-state index contributed by atoms with van der Waals surface area (Å²) in [5.74, 6) is -1.35. The minimum atomic E-state index is -1.10. The van der Waals surface area contributed by atoms with Crippen molar-refractivity contribution in [2.45, 2.75) is 6.92 Å². The van der Waals surface area contributed by atoms with Crippen LogP contribution in [0.15, 0.2) is 47.2 Å². The van der Waals surface area contributed by atoms with Crippen molar-refractivity contribution in [1.82, 2.24) is 0 Å². The van der Waals surface area contributed by atoms with Gasteiger partial charge in [-0.1, -0.05) is 5.16 Å². The number of carbonyl (C=O) groups is 2. The first-order valence-electron chi connectivity index (χ1n) is 6.42. The predicted molar refractivity (Wildman–Crippen MR) is 80.5 cm³/mol. The van der Waals surface area contributed by atoms with Crippen LogP contribution in [0, 0.1) is 20.2 Å². The summed E-state index contributed by atoms with van der Waals surface area (Å²) in [5, 5.41) is 25.1. The molecule has 1 aliphatic carbocycles. The van der Waals surface area contributed by atoms with Gasteiger partial charge in [0.1, 0.15) is 5.71 Å². The van der Waals surface area contributed by atoms with E-state index in [0.717, 1.165) is 18.2 Å². The molecule has 0 aliphatic heterocycles. The molecule has 0 heterocycles. The van der Waals surface area contributed by atoms with Crippen molar-refractivity contribution in [2.24, 2.45) is 5.16 Å². The van der Waals surface area contributed by atoms with E-state index in [-0.39, 0.29) is 11.5 Å². The van der Waals surface area contributed by atoms with Crippen LogP contribution in [-0.2, 0) is 9.63 Å². The molecule has 0 spiro atoms. The van der Waals surface area contributed by atoms with Gasteiger partial charge in [-0.25, -0.2) is 4.79 Å². The normalized spacial score (nSPS) is 15.1. The highest BCUT2D eigenvalue weighted by atomic mass is 16.7. The van der Waals surface area contributed by atoms with Gasteiger partial charge in [-0.3, -0.25) is 25.0 Å². The Balaban J connectivity index is 2.28. The van der Waals surface area contributed by atoms with E-state index in [9.17, 15) is 29.8 Å². The molecule has 0 aromatic heterocycles. The summed E-state index contributed by atoms with van der Waals surface area (Å²) < 4.78 is 0. The first-order valence-corrected chi connectivity index (χ1v) is 6.42. The quantitative estimate of drug-likeness (QED) is 0.356. The number of carbonyl (C=O) groups excluding carboxylic acids is 2. The molecule has 0 unspecified atom stereocenters. The lowest BCUT2D eigenvalue weighted by Gasteiger charge is -2.05. The lowest BCUT2D eigenvalue weighted by molar-refractivity contribution is -0.394. The molecule has 10 nitrogen and oxygen atoms in total. The second kappa shape index (κ2) is 6.60. The minimum Gasteiger partial charge on any atom is -0.312 e. The standard InChI is InChI=1S/C14H9N3O7/c1-8-4-12(18)2-3-13(8)15-24-14(19)9-5-10(16(20)21)7-11(6-9)17(22)23/h2-7H,1H3/b15-13+. The molecule has 1 aliphatic rings. The van der Waals surface area contributed by atoms with Gasteiger partial charge in [0, 0.05) is 12.1 Å². The highest BCUT2D eigenvalue weighted by Crippen LogP contribution is 2.23. The molecule has 10 heteroatoms. The first kappa shape index (κ1) is 16.7. The fourth-order valence-corrected chi connectivity index (χ4v) is 1.80. The van der Waals surface area contributed by atoms with Crippen molar-refractivity contribution in [3.8, 4) is 0 Å². The molecule has 1 aromatic rings. The van der Waals surface area contributed by atoms with Crippen LogP contribution in [0.4, 0.5) is 11.4 Å². The highest BCUT2D eigenvalue weighted by Gasteiger charge is 2.21. The zero-order chi connectivity index (χ0) is 17.9. The zero-order valence-corrected chi connectivity index (χ0v) is 12.2. The van der Waals surface area contributed by atoms with Crippen LogP contribution < -0.4 is 0 Å². The average molecular weight is 331 g/mol. The minimum absolute atomic E-state index is 0.211. The van der Waals surface area contributed by atoms with Crippen LogP contribution in [0.25, 0.3) is 0 Å². The summed E-state index contributed by atoms with van der Waals surface area (Å²) in [4.78, 5) is 47.5. The Bertz CT molecular complexity index is 820. The molecule has 0 amide bonds. The third-order valence-corrected chi connectivity index (χ3v) is 2.96. The Morgan fingerprint density at radius 1 is 1.08 bits per heavy atom. The summed E-state index contributed by atoms with van der Waals surface area (Å²) in [6, 6.07) is 2.42. The Kier molecular flexibility index (Phi) is 4.59. The fraction of sp³-hybridized carbons (Fsp3) is 0.0714. The number of ketones is 1. The van der Waals surface area contributed by atoms with E-state index < -0.39 is 32.8 Å². The number of benzene rings is 1. The van der Waals surface area contributed by atoms with Gasteiger partial charge in [0.25, 0.3) is 11.4 Å². The summed E-state index contributed by atoms with van der Waals surface area (Å²) in [6.07, 6.45) is 3.84. The molecule has 2 rings (SSSR count). The van der Waals surface area contributed by atoms with Gasteiger partial charge < -0.3 is 4.84 Å². The molecule has 0 atom stereocenters. The van der Waals surface area contributed by atoms with Crippen molar-refractivity contribution >= 4 is 28.8 Å². The van der Waals surface area contributed by atoms with E-state index in [0.29, 0.717) is 5.57 Å². The molecule has 0 saturated carbocycles. The van der Waals surface area contributed by atoms with Crippen LogP contribution in [-0.4, -0.2) is 27.3 Å². The molecule has 1 aromatic carbocycles. The van der Waals surface area contributed by atoms with E-state index in [1.807, 2.05) is 0 Å². The maximum Gasteiger partial charge on any atom is 0.366 e. The predicted octanol–water partition coefficient (Wildman–Crippen LogP) is 2.10. The molecule has 122 valence electrons. The number of hydrogen-bond donors (Lipinski definition) is 0. The molecular weight excluding hydrogens is 322 g/mol. The lowest BCUT2D eigenvalue weighted by Crippen LogP contribution is -2.09. The van der Waals surface area contributed by atoms with Crippen LogP contribution >= 0.6 is 0 Å². The fourth-order valence-electron chi connectivity index (χ4n) is 1.80. The summed E-state index contributed by atoms with van der Waals surface area (Å²) >= 11 is 0. The number of oxime groups is 1. The Morgan fingerprint density at radius 2 is 1.67 bits per heavy atom. The van der Waals surface area contributed by atoms with Crippen LogP contribution in [0.5, 0.6) is 0 Å². The number of rotatable bonds is 4. The number of hydrogen-bond acceptors (Lipinski definition) is 8. The van der Waals surface area contributed by atoms with Crippen molar-refractivity contribution in [2.75, 3.05) is 0 Å². The number of nitro benzene ring substituents is 2. The largest absolute Gasteiger partial charge is 0.366 e. The van der Waals surface area contributed by atoms with Gasteiger partial charge >= 0.3 is 5.97 Å². The zero-order valence-electron chi connectivity index (χ0n) is 12.2.